The molecule has 0 unspecified atom stereocenters. The van der Waals surface area contributed by atoms with Gasteiger partial charge < -0.3 is 25.0 Å². The fourth-order valence-electron chi connectivity index (χ4n) is 3.75. The Balaban J connectivity index is 1.55. The van der Waals surface area contributed by atoms with Crippen LogP contribution in [0.3, 0.4) is 0 Å². The average molecular weight is 499 g/mol. The van der Waals surface area contributed by atoms with Crippen molar-refractivity contribution in [3.05, 3.63) is 66.1 Å². The van der Waals surface area contributed by atoms with Gasteiger partial charge in [-0.3, -0.25) is 9.59 Å². The van der Waals surface area contributed by atoms with E-state index in [-0.39, 0.29) is 31.4 Å². The van der Waals surface area contributed by atoms with Crippen LogP contribution in [0.4, 0.5) is 15.0 Å². The number of rotatable bonds is 11. The van der Waals surface area contributed by atoms with Crippen molar-refractivity contribution in [2.45, 2.75) is 38.8 Å². The lowest BCUT2D eigenvalue weighted by Gasteiger charge is -2.28. The van der Waals surface area contributed by atoms with E-state index in [1.54, 1.807) is 43.5 Å². The minimum Gasteiger partial charge on any atom is -0.497 e. The molecule has 1 aromatic heterocycles. The molecule has 0 aliphatic carbocycles. The van der Waals surface area contributed by atoms with Crippen molar-refractivity contribution in [3.63, 3.8) is 0 Å². The van der Waals surface area contributed by atoms with Gasteiger partial charge in [0.15, 0.2) is 0 Å². The van der Waals surface area contributed by atoms with Gasteiger partial charge in [0, 0.05) is 13.1 Å². The van der Waals surface area contributed by atoms with Crippen LogP contribution in [0.25, 0.3) is 0 Å². The predicted octanol–water partition coefficient (Wildman–Crippen LogP) is 3.67. The van der Waals surface area contributed by atoms with Crippen molar-refractivity contribution < 1.29 is 28.2 Å². The lowest BCUT2D eigenvalue weighted by Crippen LogP contribution is -2.48. The third kappa shape index (κ3) is 7.53. The minimum atomic E-state index is -0.824. The van der Waals surface area contributed by atoms with Crippen LogP contribution in [0.5, 0.6) is 5.75 Å². The monoisotopic (exact) mass is 498 g/mol. The first-order valence-electron chi connectivity index (χ1n) is 11.8. The third-order valence-electron chi connectivity index (χ3n) is 5.76. The Morgan fingerprint density at radius 2 is 1.97 bits per heavy atom. The second-order valence-corrected chi connectivity index (χ2v) is 8.36. The molecule has 192 valence electrons. The van der Waals surface area contributed by atoms with E-state index >= 15 is 0 Å². The summed E-state index contributed by atoms with van der Waals surface area (Å²) >= 11 is 0. The van der Waals surface area contributed by atoms with E-state index in [2.05, 4.69) is 15.6 Å². The van der Waals surface area contributed by atoms with Gasteiger partial charge in [0.2, 0.25) is 5.91 Å². The number of anilines is 1. The van der Waals surface area contributed by atoms with Crippen LogP contribution in [0.15, 0.2) is 54.7 Å². The van der Waals surface area contributed by atoms with Crippen molar-refractivity contribution in [2.75, 3.05) is 25.5 Å². The number of aromatic nitrogens is 1. The zero-order valence-corrected chi connectivity index (χ0v) is 20.4. The highest BCUT2D eigenvalue weighted by Crippen LogP contribution is 2.19. The maximum absolute atomic E-state index is 13.4. The van der Waals surface area contributed by atoms with Gasteiger partial charge in [-0.25, -0.2) is 14.2 Å². The fourth-order valence-corrected chi connectivity index (χ4v) is 3.75. The Hall–Kier alpha value is -3.95. The molecule has 0 bridgehead atoms. The summed E-state index contributed by atoms with van der Waals surface area (Å²) in [7, 11) is 1.57. The number of nitrogens with one attached hydrogen (secondary N) is 2. The second kappa shape index (κ2) is 13.2. The van der Waals surface area contributed by atoms with E-state index in [1.807, 2.05) is 6.92 Å². The highest BCUT2D eigenvalue weighted by Gasteiger charge is 2.34. The molecule has 0 fully saturated rings. The molecular weight excluding hydrogens is 467 g/mol. The number of nitrogens with zero attached hydrogens (tertiary/aromatic N) is 2. The molecule has 36 heavy (non-hydrogen) atoms. The zero-order valence-electron chi connectivity index (χ0n) is 20.4. The highest BCUT2D eigenvalue weighted by molar-refractivity contribution is 5.98. The zero-order chi connectivity index (χ0) is 25.9. The van der Waals surface area contributed by atoms with Gasteiger partial charge in [0.1, 0.15) is 30.0 Å². The van der Waals surface area contributed by atoms with E-state index in [9.17, 15) is 18.8 Å². The Morgan fingerprint density at radius 1 is 1.19 bits per heavy atom. The van der Waals surface area contributed by atoms with Gasteiger partial charge in [-0.15, -0.1) is 0 Å². The molecule has 9 nitrogen and oxygen atoms in total. The molecule has 0 spiro atoms. The molecule has 2 heterocycles. The van der Waals surface area contributed by atoms with Gasteiger partial charge in [-0.2, -0.15) is 0 Å². The smallest absolute Gasteiger partial charge is 0.407 e. The van der Waals surface area contributed by atoms with Crippen LogP contribution in [0, 0.1) is 11.7 Å². The molecule has 1 aliphatic rings. The highest BCUT2D eigenvalue weighted by atomic mass is 19.1. The topological polar surface area (TPSA) is 110 Å². The third-order valence-corrected chi connectivity index (χ3v) is 5.76. The van der Waals surface area contributed by atoms with Gasteiger partial charge in [-0.1, -0.05) is 44.1 Å². The largest absolute Gasteiger partial charge is 0.497 e. The van der Waals surface area contributed by atoms with Crippen molar-refractivity contribution >= 4 is 23.7 Å². The molecule has 0 saturated heterocycles. The number of halogens is 1. The number of unbranched alkanes of at least 4 members (excludes halogenated alkanes) is 1. The van der Waals surface area contributed by atoms with Crippen LogP contribution >= 0.6 is 0 Å². The number of alkyl carbamates (subject to hydrolysis) is 1. The molecule has 0 saturated carbocycles. The number of amides is 3. The van der Waals surface area contributed by atoms with Gasteiger partial charge in [0.25, 0.3) is 5.91 Å². The normalized spacial score (nSPS) is 15.3. The SMILES string of the molecule is CCCC[C@H](CNC(=O)OCc1ccc(OC)cc1)C(=O)N1CC=C[C@H]1C(=O)Nc1ccc(F)cn1. The number of carbonyl (C=O) groups excluding carboxylic acids is 3. The molecule has 10 heteroatoms. The maximum Gasteiger partial charge on any atom is 0.407 e. The summed E-state index contributed by atoms with van der Waals surface area (Å²) in [4.78, 5) is 43.7. The molecule has 0 radical (unpaired) electrons. The van der Waals surface area contributed by atoms with Crippen LogP contribution < -0.4 is 15.4 Å². The lowest BCUT2D eigenvalue weighted by atomic mass is 9.99. The second-order valence-electron chi connectivity index (χ2n) is 8.36. The summed E-state index contributed by atoms with van der Waals surface area (Å²) in [5.41, 5.74) is 0.803. The number of hydrogen-bond acceptors (Lipinski definition) is 6. The summed E-state index contributed by atoms with van der Waals surface area (Å²) < 4.78 is 23.5. The van der Waals surface area contributed by atoms with Crippen molar-refractivity contribution in [3.8, 4) is 5.75 Å². The standard InChI is InChI=1S/C26H31FN4O5/c1-3-4-6-19(15-29-26(34)36-17-18-8-11-21(35-2)12-9-18)25(33)31-14-5-7-22(31)24(32)30-23-13-10-20(27)16-28-23/h5,7-13,16,19,22H,3-4,6,14-15,17H2,1-2H3,(H,29,34)(H,28,30,32)/t19-,22+/m1/s1. The number of ether oxygens (including phenoxy) is 2. The first-order valence-corrected chi connectivity index (χ1v) is 11.8. The molecule has 1 aromatic carbocycles. The summed E-state index contributed by atoms with van der Waals surface area (Å²) in [5, 5.41) is 5.29. The summed E-state index contributed by atoms with van der Waals surface area (Å²) in [6.45, 7) is 2.46. The van der Waals surface area contributed by atoms with Crippen molar-refractivity contribution in [2.24, 2.45) is 5.92 Å². The Morgan fingerprint density at radius 3 is 2.64 bits per heavy atom. The quantitative estimate of drug-likeness (QED) is 0.458. The number of pyridine rings is 1. The Kier molecular flexibility index (Phi) is 9.79. The predicted molar refractivity (Wildman–Crippen MR) is 132 cm³/mol. The number of benzene rings is 1. The number of hydrogen-bond donors (Lipinski definition) is 2. The van der Waals surface area contributed by atoms with Crippen LogP contribution in [0.2, 0.25) is 0 Å². The average Bonchev–Trinajstić information content (AvgIpc) is 3.39. The first-order chi connectivity index (χ1) is 17.4. The Bertz CT molecular complexity index is 1060. The van der Waals surface area contributed by atoms with Crippen LogP contribution in [0.1, 0.15) is 31.7 Å². The van der Waals surface area contributed by atoms with E-state index in [1.165, 1.54) is 17.0 Å². The van der Waals surface area contributed by atoms with E-state index in [4.69, 9.17) is 9.47 Å². The summed E-state index contributed by atoms with van der Waals surface area (Å²) in [6, 6.07) is 8.87. The molecule has 2 aromatic rings. The van der Waals surface area contributed by atoms with E-state index in [0.717, 1.165) is 24.6 Å². The van der Waals surface area contributed by atoms with Gasteiger partial charge in [-0.05, 0) is 36.2 Å². The first kappa shape index (κ1) is 26.7. The van der Waals surface area contributed by atoms with E-state index < -0.39 is 29.8 Å². The molecule has 3 amide bonds. The molecule has 1 aliphatic heterocycles. The number of methoxy groups -OCH3 is 1. The van der Waals surface area contributed by atoms with Gasteiger partial charge in [0.05, 0.1) is 19.2 Å². The molecule has 3 rings (SSSR count). The Labute approximate surface area is 209 Å². The van der Waals surface area contributed by atoms with Gasteiger partial charge >= 0.3 is 6.09 Å². The van der Waals surface area contributed by atoms with Crippen LogP contribution in [-0.4, -0.2) is 54.0 Å². The maximum atomic E-state index is 13.4. The van der Waals surface area contributed by atoms with E-state index in [0.29, 0.717) is 12.2 Å². The summed E-state index contributed by atoms with van der Waals surface area (Å²) in [6.07, 6.45) is 5.98. The van der Waals surface area contributed by atoms with Crippen molar-refractivity contribution in [1.82, 2.24) is 15.2 Å². The molecule has 2 N–H and O–H groups in total. The van der Waals surface area contributed by atoms with Crippen LogP contribution in [-0.2, 0) is 20.9 Å². The number of carbonyl (C=O) groups is 3. The molecular formula is C26H31FN4O5. The minimum absolute atomic E-state index is 0.0825. The lowest BCUT2D eigenvalue weighted by molar-refractivity contribution is -0.139. The molecule has 2 atom stereocenters. The fraction of sp³-hybridized carbons (Fsp3) is 0.385. The van der Waals surface area contributed by atoms with Crippen molar-refractivity contribution in [1.29, 1.82) is 0 Å². The summed E-state index contributed by atoms with van der Waals surface area (Å²) in [5.74, 6) is -0.818.